The number of carboxylic acid groups (broad SMARTS) is 1. The van der Waals surface area contributed by atoms with Gasteiger partial charge in [-0.25, -0.2) is 24.0 Å². The van der Waals surface area contributed by atoms with Gasteiger partial charge in [-0.3, -0.25) is 14.6 Å². The maximum absolute atomic E-state index is 12.3. The van der Waals surface area contributed by atoms with Crippen LogP contribution >= 0.6 is 0 Å². The van der Waals surface area contributed by atoms with Gasteiger partial charge in [0.1, 0.15) is 36.2 Å². The number of carbonyl (C=O) groups excluding carboxylic acids is 5. The van der Waals surface area contributed by atoms with Crippen molar-refractivity contribution in [2.24, 2.45) is 5.92 Å². The van der Waals surface area contributed by atoms with Crippen molar-refractivity contribution in [3.8, 4) is 23.0 Å². The monoisotopic (exact) mass is 1430 g/mol. The quantitative estimate of drug-likeness (QED) is 0.0520. The number of aryl methyl sites for hydroxylation is 9. The lowest BCUT2D eigenvalue weighted by Gasteiger charge is -2.21. The molecule has 0 aliphatic carbocycles. The number of rotatable bonds is 16. The van der Waals surface area contributed by atoms with Crippen molar-refractivity contribution in [3.63, 3.8) is 0 Å². The topological polar surface area (TPSA) is 232 Å². The Kier molecular flexibility index (Phi) is 22.9. The molecule has 12 aromatic rings. The number of fused-ring (bicyclic) bond motifs is 12. The number of aliphatic carboxylic acids is 1. The lowest BCUT2D eigenvalue weighted by molar-refractivity contribution is -0.147. The summed E-state index contributed by atoms with van der Waals surface area (Å²) in [5.41, 5.74) is 12.5. The van der Waals surface area contributed by atoms with Crippen molar-refractivity contribution < 1.29 is 81.6 Å². The van der Waals surface area contributed by atoms with Crippen LogP contribution in [-0.4, -0.2) is 138 Å². The van der Waals surface area contributed by atoms with E-state index in [1.54, 1.807) is 28.4 Å². The molecule has 0 radical (unpaired) electrons. The number of methoxy groups -OCH3 is 7. The van der Waals surface area contributed by atoms with Crippen LogP contribution in [0.3, 0.4) is 0 Å². The minimum Gasteiger partial charge on any atom is -0.496 e. The third-order valence-corrected chi connectivity index (χ3v) is 20.1. The lowest BCUT2D eigenvalue weighted by atomic mass is 9.91. The predicted octanol–water partition coefficient (Wildman–Crippen LogP) is 16.9. The maximum atomic E-state index is 12.3. The number of benzene rings is 12. The Morgan fingerprint density at radius 3 is 1.12 bits per heavy atom. The molecule has 14 rings (SSSR count). The first-order valence-corrected chi connectivity index (χ1v) is 34.8. The number of ether oxygens (including phenoxy) is 9. The fourth-order valence-electron chi connectivity index (χ4n) is 14.4. The van der Waals surface area contributed by atoms with Crippen molar-refractivity contribution in [1.82, 2.24) is 9.80 Å². The zero-order chi connectivity index (χ0) is 76.1. The van der Waals surface area contributed by atoms with Gasteiger partial charge >= 0.3 is 36.1 Å². The van der Waals surface area contributed by atoms with Crippen LogP contribution in [0.5, 0.6) is 23.0 Å². The molecule has 12 aromatic carbocycles. The third kappa shape index (κ3) is 15.4. The Labute approximate surface area is 614 Å². The number of esters is 3. The molecule has 19 nitrogen and oxygen atoms in total. The molecule has 2 fully saturated rings. The zero-order valence-corrected chi connectivity index (χ0v) is 62.5. The van der Waals surface area contributed by atoms with Gasteiger partial charge in [-0.15, -0.1) is 0 Å². The van der Waals surface area contributed by atoms with E-state index in [0.717, 1.165) is 149 Å². The van der Waals surface area contributed by atoms with E-state index in [1.165, 1.54) is 52.9 Å². The summed E-state index contributed by atoms with van der Waals surface area (Å²) in [6.45, 7) is 16.4. The van der Waals surface area contributed by atoms with Crippen molar-refractivity contribution >= 4 is 122 Å². The summed E-state index contributed by atoms with van der Waals surface area (Å²) in [5, 5.41) is 36.1. The van der Waals surface area contributed by atoms with E-state index in [9.17, 15) is 39.0 Å². The molecule has 0 bridgehead atoms. The summed E-state index contributed by atoms with van der Waals surface area (Å²) in [6, 6.07) is 47.9. The number of hydrogen-bond donors (Lipinski definition) is 2. The Bertz CT molecular complexity index is 5490. The van der Waals surface area contributed by atoms with Crippen molar-refractivity contribution in [2.75, 3.05) is 69.6 Å². The number of nitrogens with zero attached hydrogens (tertiary/aromatic N) is 2. The van der Waals surface area contributed by atoms with Crippen LogP contribution < -0.4 is 18.9 Å². The van der Waals surface area contributed by atoms with Gasteiger partial charge in [0.25, 0.3) is 0 Å². The number of carboxylic acids is 1. The predicted molar refractivity (Wildman–Crippen MR) is 413 cm³/mol. The molecule has 106 heavy (non-hydrogen) atoms. The molecule has 19 heteroatoms. The van der Waals surface area contributed by atoms with E-state index in [0.29, 0.717) is 18.4 Å². The van der Waals surface area contributed by atoms with E-state index in [2.05, 4.69) is 106 Å². The number of aliphatic hydroxyl groups excluding tert-OH is 1. The SMILES string of the molecule is COC(=O)[C@@H](CO)CCc1cc2cc(OC)c(C)cc2c2cc(C)ccc12.COC(=O)[C@H]1COC(=O)N1Cc1cc2cc(OC)c(C)cc2c2cc(C)ccc12.COC(=O)c1cc2cc(OC)c(C)cc2c2cc(C)ccc12.COc1cc2cc(CN3C(=O)OC[C@@H]3C(=O)O)c3ccc(C)cc3c2cc1C. The zero-order valence-electron chi connectivity index (χ0n) is 62.5. The van der Waals surface area contributed by atoms with E-state index in [4.69, 9.17) is 42.6 Å². The highest BCUT2D eigenvalue weighted by Crippen LogP contribution is 2.40. The smallest absolute Gasteiger partial charge is 0.411 e. The summed E-state index contributed by atoms with van der Waals surface area (Å²) < 4.78 is 46.5. The van der Waals surface area contributed by atoms with Crippen LogP contribution in [0.2, 0.25) is 0 Å². The molecular formula is C87H88N2O17. The summed E-state index contributed by atoms with van der Waals surface area (Å²) in [6.07, 6.45) is 0.114. The summed E-state index contributed by atoms with van der Waals surface area (Å²) >= 11 is 0. The van der Waals surface area contributed by atoms with Gasteiger partial charge in [-0.1, -0.05) is 101 Å². The summed E-state index contributed by atoms with van der Waals surface area (Å²) in [4.78, 5) is 74.6. The van der Waals surface area contributed by atoms with Crippen LogP contribution in [0.4, 0.5) is 9.59 Å². The van der Waals surface area contributed by atoms with Crippen LogP contribution in [0.15, 0.2) is 146 Å². The van der Waals surface area contributed by atoms with Gasteiger partial charge in [0.05, 0.1) is 80.9 Å². The van der Waals surface area contributed by atoms with Crippen molar-refractivity contribution in [3.05, 3.63) is 212 Å². The molecular weight excluding hydrogens is 1340 g/mol. The molecule has 2 amide bonds. The molecule has 2 saturated heterocycles. The first kappa shape index (κ1) is 75.5. The van der Waals surface area contributed by atoms with E-state index in [-0.39, 0.29) is 44.8 Å². The second kappa shape index (κ2) is 32.1. The maximum Gasteiger partial charge on any atom is 0.411 e. The Hall–Kier alpha value is -11.7. The minimum atomic E-state index is -1.07. The Balaban J connectivity index is 0.000000142. The second-order valence-corrected chi connectivity index (χ2v) is 27.1. The summed E-state index contributed by atoms with van der Waals surface area (Å²) in [7, 11) is 10.7. The number of hydrogen-bond acceptors (Lipinski definition) is 16. The highest BCUT2D eigenvalue weighted by molar-refractivity contribution is 6.17. The number of amides is 2. The average Bonchev–Trinajstić information content (AvgIpc) is 0.875. The van der Waals surface area contributed by atoms with E-state index >= 15 is 0 Å². The fourth-order valence-corrected chi connectivity index (χ4v) is 14.4. The van der Waals surface area contributed by atoms with Crippen LogP contribution in [-0.2, 0) is 57.6 Å². The molecule has 0 spiro atoms. The molecule has 2 aliphatic rings. The van der Waals surface area contributed by atoms with Crippen LogP contribution in [0, 0.1) is 61.3 Å². The first-order valence-electron chi connectivity index (χ1n) is 34.8. The number of carbonyl (C=O) groups is 6. The van der Waals surface area contributed by atoms with Gasteiger partial charge < -0.3 is 52.8 Å². The van der Waals surface area contributed by atoms with Gasteiger partial charge in [0.15, 0.2) is 12.1 Å². The van der Waals surface area contributed by atoms with Gasteiger partial charge in [-0.2, -0.15) is 0 Å². The molecule has 2 aliphatic heterocycles. The van der Waals surface area contributed by atoms with Crippen LogP contribution in [0.25, 0.3) is 86.2 Å². The third-order valence-electron chi connectivity index (χ3n) is 20.1. The normalized spacial score (nSPS) is 14.3. The highest BCUT2D eigenvalue weighted by atomic mass is 16.6. The molecule has 548 valence electrons. The lowest BCUT2D eigenvalue weighted by Crippen LogP contribution is -2.39. The largest absolute Gasteiger partial charge is 0.496 e. The second-order valence-electron chi connectivity index (χ2n) is 27.1. The molecule has 0 unspecified atom stereocenters. The van der Waals surface area contributed by atoms with Crippen molar-refractivity contribution in [2.45, 2.75) is 93.4 Å². The number of aliphatic hydroxyl groups is 1. The van der Waals surface area contributed by atoms with Crippen molar-refractivity contribution in [1.29, 1.82) is 0 Å². The van der Waals surface area contributed by atoms with E-state index in [1.807, 2.05) is 95.3 Å². The highest BCUT2D eigenvalue weighted by Gasteiger charge is 2.40. The molecule has 2 heterocycles. The Morgan fingerprint density at radius 2 is 0.764 bits per heavy atom. The molecule has 3 atom stereocenters. The molecule has 0 aromatic heterocycles. The van der Waals surface area contributed by atoms with Gasteiger partial charge in [0, 0.05) is 0 Å². The van der Waals surface area contributed by atoms with E-state index < -0.39 is 42.1 Å². The molecule has 0 saturated carbocycles. The Morgan fingerprint density at radius 1 is 0.415 bits per heavy atom. The van der Waals surface area contributed by atoms with Gasteiger partial charge in [-0.05, 0) is 260 Å². The standard InChI is InChI=1S/C23H23NO5.C23H26O4.C22H21NO5.C19H18O3/c1-13-5-6-17-16(11-24-20(22(25)28-4)12-29-23(24)26)9-15-10-21(27-3)14(2)8-18(15)19(17)7-13;1-14-5-8-19-16(6-7-17(13-24)23(25)27-4)11-18-12-22(26-3)15(2)10-20(18)21(19)9-14;1-12-4-5-16-15(10-23-19(21(24)25)11-28-22(23)26)8-14-9-20(27-3)13(2)7-17(14)18(16)6-12;1-11-5-6-14-16(7-11)15-8-12(2)18(21-3)10-13(15)9-17(14)19(20)22-4/h5-10,20H,11-12H2,1-4H3;5,8-12,17,24H,6-7,13H2,1-4H3;4-9,19H,10-11H2,1-3H3,(H,24,25);5-10H,1-4H3/t20-;17-;19-;/m111./s1. The average molecular weight is 1430 g/mol. The fraction of sp³-hybridized carbons (Fsp3) is 0.287. The number of cyclic esters (lactones) is 2. The minimum absolute atomic E-state index is 0.00312. The summed E-state index contributed by atoms with van der Waals surface area (Å²) in [5.74, 6) is 0.541. The van der Waals surface area contributed by atoms with Crippen LogP contribution in [0.1, 0.15) is 78.0 Å². The van der Waals surface area contributed by atoms with Gasteiger partial charge in [0.2, 0.25) is 0 Å². The molecule has 2 N–H and O–H groups in total. The first-order chi connectivity index (χ1) is 50.8.